The van der Waals surface area contributed by atoms with Crippen LogP contribution in [0.3, 0.4) is 0 Å². The summed E-state index contributed by atoms with van der Waals surface area (Å²) in [7, 11) is 0. The van der Waals surface area contributed by atoms with Gasteiger partial charge in [-0.3, -0.25) is 29.2 Å². The lowest BCUT2D eigenvalue weighted by Gasteiger charge is -2.39. The smallest absolute Gasteiger partial charge is 0.227 e. The molecule has 2 fully saturated rings. The van der Waals surface area contributed by atoms with E-state index in [1.165, 1.54) is 11.1 Å². The monoisotopic (exact) mass is 943 g/mol. The number of nitrogens with one attached hydrogen (secondary N) is 4. The molecule has 0 radical (unpaired) electrons. The minimum Gasteiger partial charge on any atom is -0.370 e. The molecule has 4 N–H and O–H groups in total. The number of pyridine rings is 2. The highest BCUT2D eigenvalue weighted by Crippen LogP contribution is 2.25. The number of ketones is 2. The number of carbonyl (C=O) groups is 2. The standard InChI is InChI=1S/2C27H33N7O/c2*1-20-17-33-13-14-34(20)18-21-5-4-6-23(15-21)31-27-29-12-10-25(32-27)22-8-9-26(30-16-22)28-11-3-2-7-24(35)19-33/h2*4-6,8-10,12,15-16,20H,2-3,7,11,13-14,17-19H2,1H3,(H,28,30)(H,29,31,32). The van der Waals surface area contributed by atoms with Crippen LogP contribution in [0.25, 0.3) is 22.5 Å². The zero-order valence-corrected chi connectivity index (χ0v) is 40.6. The summed E-state index contributed by atoms with van der Waals surface area (Å²) in [6, 6.07) is 29.4. The molecular weight excluding hydrogens is 877 g/mol. The highest BCUT2D eigenvalue weighted by atomic mass is 16.1. The predicted octanol–water partition coefficient (Wildman–Crippen LogP) is 7.91. The van der Waals surface area contributed by atoms with Crippen molar-refractivity contribution in [3.05, 3.63) is 121 Å². The molecule has 16 heteroatoms. The number of rotatable bonds is 0. The van der Waals surface area contributed by atoms with Gasteiger partial charge in [0.05, 0.1) is 24.5 Å². The lowest BCUT2D eigenvalue weighted by molar-refractivity contribution is -0.121. The maximum atomic E-state index is 12.5. The fourth-order valence-corrected chi connectivity index (χ4v) is 9.56. The van der Waals surface area contributed by atoms with E-state index in [0.29, 0.717) is 61.5 Å². The number of hydrogen-bond acceptors (Lipinski definition) is 16. The van der Waals surface area contributed by atoms with E-state index in [1.807, 2.05) is 60.9 Å². The van der Waals surface area contributed by atoms with E-state index >= 15 is 0 Å². The number of anilines is 6. The molecule has 16 rings (SSSR count). The molecule has 0 spiro atoms. The Morgan fingerprint density at radius 2 is 0.986 bits per heavy atom. The van der Waals surface area contributed by atoms with Crippen molar-refractivity contribution < 1.29 is 9.59 Å². The molecule has 10 aliphatic rings. The van der Waals surface area contributed by atoms with Gasteiger partial charge in [-0.1, -0.05) is 24.3 Å². The number of piperazine rings is 2. The molecule has 2 saturated heterocycles. The van der Waals surface area contributed by atoms with Crippen molar-refractivity contribution in [1.29, 1.82) is 0 Å². The fraction of sp³-hybridized carbons (Fsp3) is 0.407. The summed E-state index contributed by atoms with van der Waals surface area (Å²) in [5.74, 6) is 3.46. The van der Waals surface area contributed by atoms with E-state index < -0.39 is 0 Å². The van der Waals surface area contributed by atoms with Gasteiger partial charge >= 0.3 is 0 Å². The van der Waals surface area contributed by atoms with Crippen molar-refractivity contribution in [2.24, 2.45) is 0 Å². The molecule has 10 aliphatic heterocycles. The molecule has 70 heavy (non-hydrogen) atoms. The highest BCUT2D eigenvalue weighted by Gasteiger charge is 2.26. The zero-order valence-electron chi connectivity index (χ0n) is 40.6. The first-order valence-electron chi connectivity index (χ1n) is 25.0. The second kappa shape index (κ2) is 23.7. The second-order valence-electron chi connectivity index (χ2n) is 19.0. The van der Waals surface area contributed by atoms with Crippen LogP contribution < -0.4 is 21.3 Å². The van der Waals surface area contributed by atoms with E-state index in [9.17, 15) is 9.59 Å². The van der Waals surface area contributed by atoms with E-state index in [2.05, 4.69) is 111 Å². The Hall–Kier alpha value is -6.72. The van der Waals surface area contributed by atoms with Crippen molar-refractivity contribution in [2.75, 3.05) is 86.7 Å². The predicted molar refractivity (Wildman–Crippen MR) is 277 cm³/mol. The van der Waals surface area contributed by atoms with Gasteiger partial charge in [0.25, 0.3) is 0 Å². The van der Waals surface area contributed by atoms with Crippen LogP contribution in [0.15, 0.2) is 110 Å². The summed E-state index contributed by atoms with van der Waals surface area (Å²) in [5, 5.41) is 13.4. The quantitative estimate of drug-likeness (QED) is 0.116. The highest BCUT2D eigenvalue weighted by molar-refractivity contribution is 5.81. The van der Waals surface area contributed by atoms with Crippen LogP contribution in [0.1, 0.15) is 63.5 Å². The van der Waals surface area contributed by atoms with E-state index in [4.69, 9.17) is 9.97 Å². The van der Waals surface area contributed by atoms with Crippen LogP contribution in [0.5, 0.6) is 0 Å². The maximum Gasteiger partial charge on any atom is 0.227 e. The molecule has 364 valence electrons. The average molecular weight is 943 g/mol. The van der Waals surface area contributed by atoms with Gasteiger partial charge in [0.2, 0.25) is 11.9 Å². The number of Topliss-reactive ketones (excluding diaryl/α,β-unsaturated/α-hetero) is 2. The number of nitrogens with zero attached hydrogens (tertiary/aromatic N) is 10. The van der Waals surface area contributed by atoms with Crippen molar-refractivity contribution in [3.8, 4) is 22.5 Å². The maximum absolute atomic E-state index is 12.5. The number of carbonyl (C=O) groups excluding carboxylic acids is 2. The van der Waals surface area contributed by atoms with Crippen LogP contribution in [0, 0.1) is 0 Å². The van der Waals surface area contributed by atoms with Gasteiger partial charge in [0.15, 0.2) is 0 Å². The molecule has 6 atom stereocenters. The molecule has 6 unspecified atom stereocenters. The molecular formula is C54H66N14O2. The Morgan fingerprint density at radius 1 is 0.514 bits per heavy atom. The minimum atomic E-state index is 0.341. The summed E-state index contributed by atoms with van der Waals surface area (Å²) in [5.41, 5.74) is 7.93. The summed E-state index contributed by atoms with van der Waals surface area (Å²) < 4.78 is 0. The van der Waals surface area contributed by atoms with Gasteiger partial charge in [-0.25, -0.2) is 29.9 Å². The summed E-state index contributed by atoms with van der Waals surface area (Å²) >= 11 is 0. The van der Waals surface area contributed by atoms with Crippen LogP contribution in [-0.2, 0) is 22.7 Å². The molecule has 2 aromatic carbocycles. The van der Waals surface area contributed by atoms with Gasteiger partial charge in [-0.2, -0.15) is 0 Å². The Balaban J connectivity index is 0.000000174. The van der Waals surface area contributed by atoms with E-state index in [1.54, 1.807) is 12.4 Å². The van der Waals surface area contributed by atoms with Gasteiger partial charge in [-0.05, 0) is 111 Å². The Kier molecular flexibility index (Phi) is 16.4. The van der Waals surface area contributed by atoms with Gasteiger partial charge in [0, 0.05) is 138 Å². The average Bonchev–Trinajstić information content (AvgIpc) is 3.36. The molecule has 0 amide bonds. The first kappa shape index (κ1) is 48.3. The topological polar surface area (TPSA) is 173 Å². The first-order valence-corrected chi connectivity index (χ1v) is 25.0. The SMILES string of the molecule is CC1CN2CCN1Cc1cccc(c1)Nc1nccc(n1)-c1ccc(nc1)NCCCCC(=O)C2.CC1CN2CCN1Cc1cccc(c1)Nc1nccc(n1)-c1ccc(nc1)NCCCCC(=O)C2. The van der Waals surface area contributed by atoms with Gasteiger partial charge in [0.1, 0.15) is 23.2 Å². The largest absolute Gasteiger partial charge is 0.370 e. The van der Waals surface area contributed by atoms with Gasteiger partial charge in [-0.15, -0.1) is 0 Å². The summed E-state index contributed by atoms with van der Waals surface area (Å²) in [6.45, 7) is 14.6. The zero-order chi connectivity index (χ0) is 48.1. The molecule has 14 heterocycles. The van der Waals surface area contributed by atoms with Gasteiger partial charge < -0.3 is 21.3 Å². The molecule has 0 saturated carbocycles. The molecule has 16 bridgehead atoms. The third-order valence-corrected chi connectivity index (χ3v) is 13.4. The fourth-order valence-electron chi connectivity index (χ4n) is 9.56. The molecule has 4 aromatic heterocycles. The van der Waals surface area contributed by atoms with Crippen LogP contribution >= 0.6 is 0 Å². The third-order valence-electron chi connectivity index (χ3n) is 13.4. The number of benzene rings is 2. The van der Waals surface area contributed by atoms with Crippen LogP contribution in [0.2, 0.25) is 0 Å². The first-order chi connectivity index (χ1) is 34.2. The van der Waals surface area contributed by atoms with Crippen molar-refractivity contribution in [1.82, 2.24) is 49.5 Å². The minimum absolute atomic E-state index is 0.341. The van der Waals surface area contributed by atoms with Crippen molar-refractivity contribution in [3.63, 3.8) is 0 Å². The summed E-state index contributed by atoms with van der Waals surface area (Å²) in [6.07, 6.45) is 12.1. The molecule has 0 aliphatic carbocycles. The molecule has 16 nitrogen and oxygen atoms in total. The van der Waals surface area contributed by atoms with Crippen LogP contribution in [-0.4, -0.2) is 139 Å². The van der Waals surface area contributed by atoms with Crippen LogP contribution in [0.4, 0.5) is 34.9 Å². The van der Waals surface area contributed by atoms with Crippen molar-refractivity contribution in [2.45, 2.75) is 77.5 Å². The van der Waals surface area contributed by atoms with Crippen molar-refractivity contribution >= 4 is 46.5 Å². The summed E-state index contributed by atoms with van der Waals surface area (Å²) in [4.78, 5) is 62.0. The molecule has 6 aromatic rings. The lowest BCUT2D eigenvalue weighted by Crippen LogP contribution is -2.52. The Morgan fingerprint density at radius 3 is 1.41 bits per heavy atom. The Labute approximate surface area is 411 Å². The van der Waals surface area contributed by atoms with E-state index in [-0.39, 0.29) is 0 Å². The number of hydrogen-bond donors (Lipinski definition) is 4. The second-order valence-corrected chi connectivity index (χ2v) is 19.0. The third kappa shape index (κ3) is 13.7. The number of aromatic nitrogens is 6. The normalized spacial score (nSPS) is 23.3. The lowest BCUT2D eigenvalue weighted by atomic mass is 10.1. The Bertz CT molecular complexity index is 2480. The van der Waals surface area contributed by atoms with E-state index in [0.717, 1.165) is 137 Å².